The number of hydrogen-bond donors (Lipinski definition) is 3. The van der Waals surface area contributed by atoms with Gasteiger partial charge in [-0.1, -0.05) is 27.7 Å². The molecule has 4 heteroatoms. The highest BCUT2D eigenvalue weighted by molar-refractivity contribution is 5.19. The molecule has 6 aliphatic rings. The Morgan fingerprint density at radius 3 is 2.39 bits per heavy atom. The predicted octanol–water partition coefficient (Wildman–Crippen LogP) is 4.34. The lowest BCUT2D eigenvalue weighted by atomic mass is 9.44. The number of aliphatic hydroxyl groups excluding tert-OH is 2. The fourth-order valence-electron chi connectivity index (χ4n) is 10.5. The van der Waals surface area contributed by atoms with Gasteiger partial charge in [0.25, 0.3) is 0 Å². The average Bonchev–Trinajstić information content (AvgIpc) is 3.14. The Morgan fingerprint density at radius 2 is 1.65 bits per heavy atom. The highest BCUT2D eigenvalue weighted by atomic mass is 16.5. The summed E-state index contributed by atoms with van der Waals surface area (Å²) in [6, 6.07) is 0. The molecule has 176 valence electrons. The number of rotatable bonds is 0. The molecule has 0 amide bonds. The van der Waals surface area contributed by atoms with E-state index in [2.05, 4.69) is 33.0 Å². The molecule has 13 atom stereocenters. The van der Waals surface area contributed by atoms with Gasteiger partial charge in [0, 0.05) is 18.4 Å². The third-order valence-corrected chi connectivity index (χ3v) is 12.1. The van der Waals surface area contributed by atoms with E-state index in [4.69, 9.17) is 4.74 Å². The molecular weight excluding hydrogens is 386 g/mol. The van der Waals surface area contributed by atoms with Crippen LogP contribution in [0.25, 0.3) is 0 Å². The van der Waals surface area contributed by atoms with Gasteiger partial charge in [-0.05, 0) is 98.2 Å². The van der Waals surface area contributed by atoms with Crippen molar-refractivity contribution >= 4 is 0 Å². The van der Waals surface area contributed by atoms with E-state index in [0.717, 1.165) is 31.7 Å². The molecule has 6 rings (SSSR count). The number of fused-ring (bicyclic) bond motifs is 7. The molecule has 4 aliphatic carbocycles. The van der Waals surface area contributed by atoms with E-state index in [1.807, 2.05) is 0 Å². The van der Waals surface area contributed by atoms with Crippen LogP contribution >= 0.6 is 0 Å². The van der Waals surface area contributed by atoms with Crippen LogP contribution in [-0.2, 0) is 4.74 Å². The molecule has 1 spiro atoms. The summed E-state index contributed by atoms with van der Waals surface area (Å²) in [5.41, 5.74) is 0.336. The van der Waals surface area contributed by atoms with Crippen molar-refractivity contribution in [1.29, 1.82) is 0 Å². The van der Waals surface area contributed by atoms with Gasteiger partial charge in [0.2, 0.25) is 0 Å². The number of piperidine rings is 1. The fraction of sp³-hybridized carbons (Fsp3) is 1.00. The number of aliphatic hydroxyl groups is 2. The van der Waals surface area contributed by atoms with Crippen LogP contribution in [0.3, 0.4) is 0 Å². The summed E-state index contributed by atoms with van der Waals surface area (Å²) in [5.74, 6) is 4.04. The van der Waals surface area contributed by atoms with E-state index in [1.54, 1.807) is 0 Å². The molecule has 0 bridgehead atoms. The lowest BCUT2D eigenvalue weighted by Gasteiger charge is -2.61. The summed E-state index contributed by atoms with van der Waals surface area (Å²) in [7, 11) is 0. The molecule has 0 aromatic heterocycles. The van der Waals surface area contributed by atoms with Crippen molar-refractivity contribution in [2.24, 2.45) is 52.3 Å². The summed E-state index contributed by atoms with van der Waals surface area (Å²) >= 11 is 0. The van der Waals surface area contributed by atoms with Gasteiger partial charge in [-0.3, -0.25) is 5.32 Å². The zero-order valence-corrected chi connectivity index (χ0v) is 20.1. The smallest absolute Gasteiger partial charge is 0.122 e. The first-order valence-electron chi connectivity index (χ1n) is 13.5. The summed E-state index contributed by atoms with van der Waals surface area (Å²) in [5, 5.41) is 25.9. The van der Waals surface area contributed by atoms with Gasteiger partial charge in [0.15, 0.2) is 0 Å². The van der Waals surface area contributed by atoms with Crippen molar-refractivity contribution in [1.82, 2.24) is 5.32 Å². The van der Waals surface area contributed by atoms with Crippen LogP contribution in [0.4, 0.5) is 0 Å². The highest BCUT2D eigenvalue weighted by Crippen LogP contribution is 2.71. The minimum atomic E-state index is -0.319. The molecule has 2 aliphatic heterocycles. The van der Waals surface area contributed by atoms with Gasteiger partial charge >= 0.3 is 0 Å². The van der Waals surface area contributed by atoms with Crippen molar-refractivity contribution in [3.8, 4) is 0 Å². The van der Waals surface area contributed by atoms with Gasteiger partial charge in [0.05, 0.1) is 18.3 Å². The first kappa shape index (κ1) is 21.4. The van der Waals surface area contributed by atoms with E-state index >= 15 is 0 Å². The first-order valence-corrected chi connectivity index (χ1v) is 13.5. The fourth-order valence-corrected chi connectivity index (χ4v) is 10.5. The Bertz CT molecular complexity index is 719. The predicted molar refractivity (Wildman–Crippen MR) is 121 cm³/mol. The number of hydrogen-bond acceptors (Lipinski definition) is 4. The van der Waals surface area contributed by atoms with Crippen molar-refractivity contribution in [3.63, 3.8) is 0 Å². The topological polar surface area (TPSA) is 61.7 Å². The molecule has 3 N–H and O–H groups in total. The number of ether oxygens (including phenoxy) is 1. The Kier molecular flexibility index (Phi) is 4.78. The maximum Gasteiger partial charge on any atom is 0.122 e. The molecular formula is C27H45NO3. The first-order chi connectivity index (χ1) is 14.7. The van der Waals surface area contributed by atoms with E-state index in [9.17, 15) is 10.2 Å². The number of nitrogens with one attached hydrogen (secondary N) is 1. The molecule has 4 saturated carbocycles. The lowest BCUT2D eigenvalue weighted by molar-refractivity contribution is -0.170. The maximum atomic E-state index is 11.8. The molecule has 0 radical (unpaired) electrons. The second-order valence-corrected chi connectivity index (χ2v) is 13.4. The summed E-state index contributed by atoms with van der Waals surface area (Å²) in [6.07, 6.45) is 10.1. The second kappa shape index (κ2) is 6.93. The summed E-state index contributed by atoms with van der Waals surface area (Å²) in [6.45, 7) is 10.8. The standard InChI is InChI=1S/C27H45NO3/c1-15-7-12-27(28-14-15)16(2)21-24(31-27)23(30)22-19-6-5-17-13-18(29)8-10-25(17,3)20(19)9-11-26(21,22)4/h15-24,28-30H,5-14H2,1-4H3/t15-,16-,17-,18-,19+,20-,21-,22+,23+,24+,25-,26+,27-/m0/s1. The average molecular weight is 432 g/mol. The van der Waals surface area contributed by atoms with Crippen molar-refractivity contribution in [2.45, 2.75) is 110 Å². The minimum Gasteiger partial charge on any atom is -0.393 e. The molecule has 4 nitrogen and oxygen atoms in total. The Labute approximate surface area is 188 Å². The Hall–Kier alpha value is -0.160. The molecule has 0 aromatic carbocycles. The zero-order chi connectivity index (χ0) is 21.8. The molecule has 2 saturated heterocycles. The van der Waals surface area contributed by atoms with Crippen molar-refractivity contribution < 1.29 is 14.9 Å². The normalized spacial score (nSPS) is 63.3. The maximum absolute atomic E-state index is 11.8. The Balaban J connectivity index is 1.30. The summed E-state index contributed by atoms with van der Waals surface area (Å²) in [4.78, 5) is 0. The highest BCUT2D eigenvalue weighted by Gasteiger charge is 2.71. The molecule has 0 unspecified atom stereocenters. The van der Waals surface area contributed by atoms with E-state index in [1.165, 1.54) is 38.5 Å². The SMILES string of the molecule is C[C@H]1CC[C@]2(NC1)O[C@H]1[C@H](O)[C@H]3[C@@H]4CC[C@H]5C[C@@H](O)CC[C@]5(C)[C@H]4CC[C@]3(C)[C@H]1[C@@H]2C. The quantitative estimate of drug-likeness (QED) is 0.534. The van der Waals surface area contributed by atoms with Crippen LogP contribution in [0.5, 0.6) is 0 Å². The van der Waals surface area contributed by atoms with Gasteiger partial charge < -0.3 is 14.9 Å². The van der Waals surface area contributed by atoms with Crippen molar-refractivity contribution in [3.05, 3.63) is 0 Å². The van der Waals surface area contributed by atoms with Crippen LogP contribution < -0.4 is 5.32 Å². The van der Waals surface area contributed by atoms with Crippen LogP contribution in [-0.4, -0.2) is 40.8 Å². The summed E-state index contributed by atoms with van der Waals surface area (Å²) < 4.78 is 6.88. The zero-order valence-electron chi connectivity index (χ0n) is 20.1. The van der Waals surface area contributed by atoms with Crippen LogP contribution in [0.2, 0.25) is 0 Å². The van der Waals surface area contributed by atoms with E-state index < -0.39 is 0 Å². The minimum absolute atomic E-state index is 0.00311. The monoisotopic (exact) mass is 431 g/mol. The lowest BCUT2D eigenvalue weighted by Crippen LogP contribution is -2.59. The molecule has 6 fully saturated rings. The molecule has 0 aromatic rings. The van der Waals surface area contributed by atoms with Gasteiger partial charge in [0.1, 0.15) is 5.72 Å². The van der Waals surface area contributed by atoms with E-state index in [0.29, 0.717) is 40.9 Å². The van der Waals surface area contributed by atoms with Crippen molar-refractivity contribution in [2.75, 3.05) is 6.54 Å². The van der Waals surface area contributed by atoms with Crippen LogP contribution in [0.15, 0.2) is 0 Å². The second-order valence-electron chi connectivity index (χ2n) is 13.4. The van der Waals surface area contributed by atoms with Crippen LogP contribution in [0, 0.1) is 52.3 Å². The van der Waals surface area contributed by atoms with Gasteiger partial charge in [-0.2, -0.15) is 0 Å². The van der Waals surface area contributed by atoms with Gasteiger partial charge in [-0.25, -0.2) is 0 Å². The third-order valence-electron chi connectivity index (χ3n) is 12.1. The van der Waals surface area contributed by atoms with E-state index in [-0.39, 0.29) is 29.5 Å². The largest absolute Gasteiger partial charge is 0.393 e. The molecule has 31 heavy (non-hydrogen) atoms. The Morgan fingerprint density at radius 1 is 0.871 bits per heavy atom. The van der Waals surface area contributed by atoms with Gasteiger partial charge in [-0.15, -0.1) is 0 Å². The molecule has 2 heterocycles. The third kappa shape index (κ3) is 2.74. The van der Waals surface area contributed by atoms with Crippen LogP contribution in [0.1, 0.15) is 85.5 Å².